The summed E-state index contributed by atoms with van der Waals surface area (Å²) in [7, 11) is 8.65. The highest BCUT2D eigenvalue weighted by Crippen LogP contribution is 2.04. The van der Waals surface area contributed by atoms with E-state index in [0.29, 0.717) is 0 Å². The van der Waals surface area contributed by atoms with Crippen LogP contribution in [0.3, 0.4) is 0 Å². The summed E-state index contributed by atoms with van der Waals surface area (Å²) in [5.41, 5.74) is 0. The van der Waals surface area contributed by atoms with Gasteiger partial charge in [0.15, 0.2) is 0 Å². The number of rotatable bonds is 0. The molecule has 3 saturated heterocycles. The lowest BCUT2D eigenvalue weighted by atomic mass is 10.1. The van der Waals surface area contributed by atoms with Crippen LogP contribution in [-0.4, -0.2) is 113 Å². The molecule has 0 aromatic heterocycles. The quantitative estimate of drug-likeness (QED) is 0.661. The van der Waals surface area contributed by atoms with Gasteiger partial charge in [-0.25, -0.2) is 0 Å². The minimum atomic E-state index is 0.913. The van der Waals surface area contributed by atoms with Crippen LogP contribution in [0.5, 0.6) is 0 Å². The van der Waals surface area contributed by atoms with Crippen molar-refractivity contribution >= 4 is 0 Å². The first kappa shape index (κ1) is 19.8. The number of likely N-dealkylation sites (N-methyl/N-ethyl adjacent to an activating group) is 3. The molecule has 5 heteroatoms. The van der Waals surface area contributed by atoms with Gasteiger partial charge in [-0.05, 0) is 54.1 Å². The number of piperidine rings is 1. The van der Waals surface area contributed by atoms with Crippen molar-refractivity contribution in [3.63, 3.8) is 0 Å². The predicted molar refractivity (Wildman–Crippen MR) is 94.7 cm³/mol. The standard InChI is InChI=1S/C6H14N2.C6H13N.C5H11NO/c1-7-3-5-8(2)6-4-7;1-7-5-3-2-4-6-7;1-6-2-4-7-5-3-6/h3-6H2,1-2H3;2-6H2,1H3;2-5H2,1H3. The van der Waals surface area contributed by atoms with Crippen LogP contribution in [0.4, 0.5) is 0 Å². The number of hydrogen-bond acceptors (Lipinski definition) is 5. The van der Waals surface area contributed by atoms with Gasteiger partial charge in [-0.1, -0.05) is 6.42 Å². The van der Waals surface area contributed by atoms with Crippen LogP contribution in [0.15, 0.2) is 0 Å². The fraction of sp³-hybridized carbons (Fsp3) is 1.00. The first-order chi connectivity index (χ1) is 10.6. The van der Waals surface area contributed by atoms with Gasteiger partial charge in [0, 0.05) is 39.3 Å². The van der Waals surface area contributed by atoms with E-state index in [4.69, 9.17) is 4.74 Å². The zero-order chi connectivity index (χ0) is 16.2. The van der Waals surface area contributed by atoms with E-state index in [1.165, 1.54) is 58.5 Å². The third-order valence-corrected chi connectivity index (χ3v) is 4.54. The third kappa shape index (κ3) is 10.5. The van der Waals surface area contributed by atoms with Crippen LogP contribution in [0.2, 0.25) is 0 Å². The third-order valence-electron chi connectivity index (χ3n) is 4.54. The molecule has 0 bridgehead atoms. The molecule has 0 unspecified atom stereocenters. The number of hydrogen-bond donors (Lipinski definition) is 0. The van der Waals surface area contributed by atoms with Crippen molar-refractivity contribution in [3.8, 4) is 0 Å². The summed E-state index contributed by atoms with van der Waals surface area (Å²) in [6, 6.07) is 0. The maximum atomic E-state index is 5.10. The second-order valence-electron chi connectivity index (χ2n) is 6.89. The van der Waals surface area contributed by atoms with Crippen molar-refractivity contribution in [2.45, 2.75) is 19.3 Å². The van der Waals surface area contributed by atoms with Crippen LogP contribution in [0.25, 0.3) is 0 Å². The Labute approximate surface area is 138 Å². The van der Waals surface area contributed by atoms with E-state index in [1.807, 2.05) is 0 Å². The van der Waals surface area contributed by atoms with Gasteiger partial charge < -0.3 is 24.3 Å². The Hall–Kier alpha value is -0.200. The average molecular weight is 315 g/mol. The lowest BCUT2D eigenvalue weighted by Crippen LogP contribution is -2.42. The number of nitrogens with zero attached hydrogens (tertiary/aromatic N) is 4. The topological polar surface area (TPSA) is 22.2 Å². The summed E-state index contributed by atoms with van der Waals surface area (Å²) in [5.74, 6) is 0. The highest BCUT2D eigenvalue weighted by molar-refractivity contribution is 4.64. The van der Waals surface area contributed by atoms with Gasteiger partial charge >= 0.3 is 0 Å². The molecule has 0 radical (unpaired) electrons. The second-order valence-corrected chi connectivity index (χ2v) is 6.89. The molecule has 0 atom stereocenters. The van der Waals surface area contributed by atoms with Crippen molar-refractivity contribution in [1.29, 1.82) is 0 Å². The molecule has 0 N–H and O–H groups in total. The Morgan fingerprint density at radius 2 is 0.818 bits per heavy atom. The smallest absolute Gasteiger partial charge is 0.0594 e. The molecule has 0 saturated carbocycles. The minimum Gasteiger partial charge on any atom is -0.379 e. The van der Waals surface area contributed by atoms with Crippen LogP contribution in [0, 0.1) is 0 Å². The molecule has 3 aliphatic rings. The van der Waals surface area contributed by atoms with Gasteiger partial charge in [-0.15, -0.1) is 0 Å². The zero-order valence-corrected chi connectivity index (χ0v) is 15.4. The maximum Gasteiger partial charge on any atom is 0.0594 e. The van der Waals surface area contributed by atoms with Gasteiger partial charge in [0.25, 0.3) is 0 Å². The summed E-state index contributed by atoms with van der Waals surface area (Å²) in [6.07, 6.45) is 4.28. The van der Waals surface area contributed by atoms with Crippen LogP contribution in [0.1, 0.15) is 19.3 Å². The summed E-state index contributed by atoms with van der Waals surface area (Å²) >= 11 is 0. The van der Waals surface area contributed by atoms with Crippen molar-refractivity contribution in [3.05, 3.63) is 0 Å². The van der Waals surface area contributed by atoms with Crippen LogP contribution in [-0.2, 0) is 4.74 Å². The van der Waals surface area contributed by atoms with Gasteiger partial charge in [0.2, 0.25) is 0 Å². The van der Waals surface area contributed by atoms with Crippen LogP contribution < -0.4 is 0 Å². The molecule has 5 nitrogen and oxygen atoms in total. The normalized spacial score (nSPS) is 25.6. The summed E-state index contributed by atoms with van der Waals surface area (Å²) in [5, 5.41) is 0. The molecule has 0 aromatic carbocycles. The van der Waals surface area contributed by atoms with Crippen molar-refractivity contribution in [2.24, 2.45) is 0 Å². The molecule has 0 amide bonds. The molecule has 3 fully saturated rings. The molecule has 22 heavy (non-hydrogen) atoms. The van der Waals surface area contributed by atoms with E-state index in [9.17, 15) is 0 Å². The SMILES string of the molecule is CN1CCCCC1.CN1CCN(C)CC1.CN1CCOCC1. The highest BCUT2D eigenvalue weighted by Gasteiger charge is 2.07. The number of piperazine rings is 1. The lowest BCUT2D eigenvalue weighted by Gasteiger charge is -2.28. The summed E-state index contributed by atoms with van der Waals surface area (Å²) in [4.78, 5) is 9.38. The first-order valence-electron chi connectivity index (χ1n) is 8.90. The van der Waals surface area contributed by atoms with Gasteiger partial charge in [-0.2, -0.15) is 0 Å². The van der Waals surface area contributed by atoms with Crippen molar-refractivity contribution < 1.29 is 4.74 Å². The Balaban J connectivity index is 0.000000166. The van der Waals surface area contributed by atoms with Gasteiger partial charge in [0.1, 0.15) is 0 Å². The number of ether oxygens (including phenoxy) is 1. The largest absolute Gasteiger partial charge is 0.379 e. The van der Waals surface area contributed by atoms with E-state index in [0.717, 1.165) is 26.3 Å². The monoisotopic (exact) mass is 314 g/mol. The molecular weight excluding hydrogens is 276 g/mol. The highest BCUT2D eigenvalue weighted by atomic mass is 16.5. The van der Waals surface area contributed by atoms with Crippen molar-refractivity contribution in [2.75, 3.05) is 93.8 Å². The molecular formula is C17H38N4O. The Kier molecular flexibility index (Phi) is 11.1. The second kappa shape index (κ2) is 12.3. The van der Waals surface area contributed by atoms with Gasteiger partial charge in [-0.3, -0.25) is 0 Å². The maximum absolute atomic E-state index is 5.10. The predicted octanol–water partition coefficient (Wildman–Crippen LogP) is 0.914. The molecule has 0 spiro atoms. The molecule has 0 aliphatic carbocycles. The Morgan fingerprint density at radius 3 is 1.09 bits per heavy atom. The molecule has 0 aromatic rings. The fourth-order valence-corrected chi connectivity index (χ4v) is 2.61. The lowest BCUT2D eigenvalue weighted by molar-refractivity contribution is 0.0503. The van der Waals surface area contributed by atoms with E-state index in [2.05, 4.69) is 47.8 Å². The van der Waals surface area contributed by atoms with Gasteiger partial charge in [0.05, 0.1) is 13.2 Å². The van der Waals surface area contributed by atoms with E-state index in [1.54, 1.807) is 0 Å². The Morgan fingerprint density at radius 1 is 0.455 bits per heavy atom. The summed E-state index contributed by atoms with van der Waals surface area (Å²) in [6.45, 7) is 11.6. The van der Waals surface area contributed by atoms with Crippen LogP contribution >= 0.6 is 0 Å². The minimum absolute atomic E-state index is 0.913. The van der Waals surface area contributed by atoms with E-state index < -0.39 is 0 Å². The number of likely N-dealkylation sites (tertiary alicyclic amines) is 1. The number of morpholine rings is 1. The molecule has 3 aliphatic heterocycles. The fourth-order valence-electron chi connectivity index (χ4n) is 2.61. The Bertz CT molecular complexity index is 219. The zero-order valence-electron chi connectivity index (χ0n) is 15.4. The molecule has 132 valence electrons. The average Bonchev–Trinajstić information content (AvgIpc) is 2.53. The van der Waals surface area contributed by atoms with E-state index in [-0.39, 0.29) is 0 Å². The molecule has 3 heterocycles. The first-order valence-corrected chi connectivity index (χ1v) is 8.90. The molecule has 3 rings (SSSR count). The van der Waals surface area contributed by atoms with E-state index >= 15 is 0 Å². The summed E-state index contributed by atoms with van der Waals surface area (Å²) < 4.78 is 5.10. The van der Waals surface area contributed by atoms with Crippen molar-refractivity contribution in [1.82, 2.24) is 19.6 Å².